The highest BCUT2D eigenvalue weighted by molar-refractivity contribution is 7.99. The molecule has 25 heavy (non-hydrogen) atoms. The van der Waals surface area contributed by atoms with E-state index < -0.39 is 0 Å². The zero-order valence-corrected chi connectivity index (χ0v) is 14.4. The summed E-state index contributed by atoms with van der Waals surface area (Å²) in [4.78, 5) is 11.6. The summed E-state index contributed by atoms with van der Waals surface area (Å²) in [6.07, 6.45) is 1.60. The average Bonchev–Trinajstić information content (AvgIpc) is 3.25. The molecule has 0 radical (unpaired) electrons. The van der Waals surface area contributed by atoms with Crippen molar-refractivity contribution in [2.45, 2.75) is 18.6 Å². The molecule has 3 aromatic rings. The number of aromatic nitrogens is 3. The topological polar surface area (TPSA) is 90.4 Å². The number of hydrogen-bond acceptors (Lipinski definition) is 7. The van der Waals surface area contributed by atoms with Crippen molar-refractivity contribution in [3.05, 3.63) is 48.4 Å². The molecule has 0 unspecified atom stereocenters. The molecule has 2 heterocycles. The van der Waals surface area contributed by atoms with Gasteiger partial charge in [0.2, 0.25) is 0 Å². The minimum Gasteiger partial charge on any atom is -0.508 e. The number of carbonyl (C=O) groups excluding carboxylic acids is 1. The summed E-state index contributed by atoms with van der Waals surface area (Å²) < 4.78 is 12.2. The molecule has 0 aliphatic carbocycles. The third-order valence-corrected chi connectivity index (χ3v) is 4.30. The Hall–Kier alpha value is -2.74. The molecule has 7 nitrogen and oxygen atoms in total. The van der Waals surface area contributed by atoms with E-state index in [0.29, 0.717) is 24.1 Å². The summed E-state index contributed by atoms with van der Waals surface area (Å²) in [5, 5.41) is 18.5. The zero-order chi connectivity index (χ0) is 17.6. The third-order valence-electron chi connectivity index (χ3n) is 3.36. The van der Waals surface area contributed by atoms with E-state index in [4.69, 9.17) is 9.15 Å². The molecular weight excluding hydrogens is 342 g/mol. The standard InChI is InChI=1S/C17H17N3O4S/c1-2-23-15(22)11-25-17-19-18-16(12-5-7-13(21)8-6-12)20(17)10-14-4-3-9-24-14/h3-9,21H,2,10-11H2,1H3. The maximum Gasteiger partial charge on any atom is 0.316 e. The van der Waals surface area contributed by atoms with Gasteiger partial charge in [0.05, 0.1) is 25.2 Å². The molecule has 0 bridgehead atoms. The van der Waals surface area contributed by atoms with Gasteiger partial charge in [-0.15, -0.1) is 10.2 Å². The lowest BCUT2D eigenvalue weighted by atomic mass is 10.2. The van der Waals surface area contributed by atoms with Gasteiger partial charge in [-0.3, -0.25) is 9.36 Å². The Kier molecular flexibility index (Phi) is 5.39. The third kappa shape index (κ3) is 4.21. The van der Waals surface area contributed by atoms with Crippen LogP contribution in [0.2, 0.25) is 0 Å². The highest BCUT2D eigenvalue weighted by atomic mass is 32.2. The lowest BCUT2D eigenvalue weighted by molar-refractivity contribution is -0.139. The molecule has 3 rings (SSSR count). The van der Waals surface area contributed by atoms with Gasteiger partial charge in [-0.1, -0.05) is 11.8 Å². The number of rotatable bonds is 7. The second-order valence-electron chi connectivity index (χ2n) is 5.11. The van der Waals surface area contributed by atoms with Gasteiger partial charge in [0.15, 0.2) is 11.0 Å². The molecule has 0 saturated carbocycles. The molecule has 0 atom stereocenters. The van der Waals surface area contributed by atoms with Gasteiger partial charge in [-0.05, 0) is 43.3 Å². The second-order valence-corrected chi connectivity index (χ2v) is 6.05. The Balaban J connectivity index is 1.89. The minimum atomic E-state index is -0.300. The van der Waals surface area contributed by atoms with Crippen molar-refractivity contribution in [3.63, 3.8) is 0 Å². The summed E-state index contributed by atoms with van der Waals surface area (Å²) in [5.41, 5.74) is 0.805. The van der Waals surface area contributed by atoms with Crippen LogP contribution < -0.4 is 0 Å². The first-order valence-corrected chi connectivity index (χ1v) is 8.69. The fraction of sp³-hybridized carbons (Fsp3) is 0.235. The van der Waals surface area contributed by atoms with E-state index >= 15 is 0 Å². The predicted molar refractivity (Wildman–Crippen MR) is 92.3 cm³/mol. The first-order valence-electron chi connectivity index (χ1n) is 7.70. The van der Waals surface area contributed by atoms with Gasteiger partial charge in [0, 0.05) is 5.56 Å². The van der Waals surface area contributed by atoms with Gasteiger partial charge < -0.3 is 14.3 Å². The Morgan fingerprint density at radius 1 is 1.28 bits per heavy atom. The Bertz CT molecular complexity index is 828. The maximum absolute atomic E-state index is 11.6. The maximum atomic E-state index is 11.6. The van der Waals surface area contributed by atoms with Gasteiger partial charge in [0.25, 0.3) is 0 Å². The number of esters is 1. The number of ether oxygens (including phenoxy) is 1. The van der Waals surface area contributed by atoms with E-state index in [1.54, 1.807) is 37.5 Å². The highest BCUT2D eigenvalue weighted by Gasteiger charge is 2.17. The van der Waals surface area contributed by atoms with Crippen LogP contribution in [0.1, 0.15) is 12.7 Å². The number of nitrogens with zero attached hydrogens (tertiary/aromatic N) is 3. The number of phenolic OH excluding ortho intramolecular Hbond substituents is 1. The molecule has 1 aromatic carbocycles. The fourth-order valence-electron chi connectivity index (χ4n) is 2.25. The normalized spacial score (nSPS) is 10.8. The van der Waals surface area contributed by atoms with Crippen LogP contribution in [0.25, 0.3) is 11.4 Å². The van der Waals surface area contributed by atoms with Crippen LogP contribution in [-0.4, -0.2) is 38.2 Å². The molecule has 0 saturated heterocycles. The molecule has 0 fully saturated rings. The Labute approximate surface area is 148 Å². The van der Waals surface area contributed by atoms with E-state index in [0.717, 1.165) is 11.3 Å². The first kappa shape index (κ1) is 17.1. The first-order chi connectivity index (χ1) is 12.2. The summed E-state index contributed by atoms with van der Waals surface area (Å²) in [5.74, 6) is 1.41. The van der Waals surface area contributed by atoms with Crippen LogP contribution in [0.3, 0.4) is 0 Å². The van der Waals surface area contributed by atoms with Crippen LogP contribution in [-0.2, 0) is 16.1 Å². The van der Waals surface area contributed by atoms with E-state index in [1.165, 1.54) is 11.8 Å². The molecule has 1 N–H and O–H groups in total. The predicted octanol–water partition coefficient (Wildman–Crippen LogP) is 2.95. The highest BCUT2D eigenvalue weighted by Crippen LogP contribution is 2.26. The van der Waals surface area contributed by atoms with Crippen molar-refractivity contribution in [2.75, 3.05) is 12.4 Å². The lowest BCUT2D eigenvalue weighted by Crippen LogP contribution is -2.09. The Morgan fingerprint density at radius 3 is 2.76 bits per heavy atom. The molecule has 2 aromatic heterocycles. The Morgan fingerprint density at radius 2 is 2.08 bits per heavy atom. The van der Waals surface area contributed by atoms with Crippen LogP contribution >= 0.6 is 11.8 Å². The van der Waals surface area contributed by atoms with Crippen molar-refractivity contribution in [2.24, 2.45) is 0 Å². The average molecular weight is 359 g/mol. The van der Waals surface area contributed by atoms with Crippen molar-refractivity contribution in [3.8, 4) is 17.1 Å². The molecule has 0 amide bonds. The van der Waals surface area contributed by atoms with Gasteiger partial charge in [0.1, 0.15) is 11.5 Å². The second kappa shape index (κ2) is 7.89. The quantitative estimate of drug-likeness (QED) is 0.512. The van der Waals surface area contributed by atoms with E-state index in [-0.39, 0.29) is 17.5 Å². The number of furan rings is 1. The number of phenols is 1. The SMILES string of the molecule is CCOC(=O)CSc1nnc(-c2ccc(O)cc2)n1Cc1ccco1. The number of hydrogen-bond donors (Lipinski definition) is 1. The van der Waals surface area contributed by atoms with Crippen LogP contribution in [0.5, 0.6) is 5.75 Å². The largest absolute Gasteiger partial charge is 0.508 e. The van der Waals surface area contributed by atoms with Crippen LogP contribution in [0.4, 0.5) is 0 Å². The summed E-state index contributed by atoms with van der Waals surface area (Å²) in [6, 6.07) is 10.4. The molecule has 0 aliphatic rings. The van der Waals surface area contributed by atoms with Crippen molar-refractivity contribution in [1.29, 1.82) is 0 Å². The summed E-state index contributed by atoms with van der Waals surface area (Å²) >= 11 is 1.26. The van der Waals surface area contributed by atoms with Crippen LogP contribution in [0, 0.1) is 0 Å². The molecule has 0 aliphatic heterocycles. The molecule has 8 heteroatoms. The van der Waals surface area contributed by atoms with E-state index in [1.807, 2.05) is 16.7 Å². The number of benzene rings is 1. The molecular formula is C17H17N3O4S. The fourth-order valence-corrected chi connectivity index (χ4v) is 2.98. The van der Waals surface area contributed by atoms with E-state index in [9.17, 15) is 9.90 Å². The van der Waals surface area contributed by atoms with Gasteiger partial charge in [-0.25, -0.2) is 0 Å². The number of aromatic hydroxyl groups is 1. The summed E-state index contributed by atoms with van der Waals surface area (Å²) in [7, 11) is 0. The minimum absolute atomic E-state index is 0.152. The molecule has 130 valence electrons. The number of thioether (sulfide) groups is 1. The van der Waals surface area contributed by atoms with E-state index in [2.05, 4.69) is 10.2 Å². The monoisotopic (exact) mass is 359 g/mol. The van der Waals surface area contributed by atoms with Crippen LogP contribution in [0.15, 0.2) is 52.2 Å². The van der Waals surface area contributed by atoms with Crippen molar-refractivity contribution >= 4 is 17.7 Å². The number of carbonyl (C=O) groups is 1. The molecule has 0 spiro atoms. The van der Waals surface area contributed by atoms with Crippen molar-refractivity contribution in [1.82, 2.24) is 14.8 Å². The summed E-state index contributed by atoms with van der Waals surface area (Å²) in [6.45, 7) is 2.55. The zero-order valence-electron chi connectivity index (χ0n) is 13.6. The van der Waals surface area contributed by atoms with Crippen molar-refractivity contribution < 1.29 is 19.1 Å². The smallest absolute Gasteiger partial charge is 0.316 e. The lowest BCUT2D eigenvalue weighted by Gasteiger charge is -2.09. The van der Waals surface area contributed by atoms with Gasteiger partial charge in [-0.2, -0.15) is 0 Å². The van der Waals surface area contributed by atoms with Gasteiger partial charge >= 0.3 is 5.97 Å².